The lowest BCUT2D eigenvalue weighted by Crippen LogP contribution is -2.23. The zero-order valence-corrected chi connectivity index (χ0v) is 6.92. The van der Waals surface area contributed by atoms with E-state index in [0.717, 1.165) is 18.2 Å². The predicted octanol–water partition coefficient (Wildman–Crippen LogP) is 0.390. The molecule has 2 rings (SSSR count). The SMILES string of the molecule is C1=NCC(NOCC2CC2)=CN1. The van der Waals surface area contributed by atoms with Gasteiger partial charge in [-0.15, -0.1) is 0 Å². The second-order valence-corrected chi connectivity index (χ2v) is 3.16. The first-order valence-corrected chi connectivity index (χ1v) is 4.26. The van der Waals surface area contributed by atoms with Gasteiger partial charge in [0.25, 0.3) is 0 Å². The van der Waals surface area contributed by atoms with E-state index in [0.29, 0.717) is 6.54 Å². The number of hydroxylamine groups is 1. The van der Waals surface area contributed by atoms with Crippen molar-refractivity contribution in [3.05, 3.63) is 11.9 Å². The van der Waals surface area contributed by atoms with Crippen LogP contribution in [0.1, 0.15) is 12.8 Å². The lowest BCUT2D eigenvalue weighted by molar-refractivity contribution is 0.0536. The predicted molar refractivity (Wildman–Crippen MR) is 46.4 cm³/mol. The Hall–Kier alpha value is -1.03. The standard InChI is InChI=1S/C8H13N3O/c1-2-7(1)5-12-11-8-3-9-6-10-4-8/h3,6-7,11H,1-2,4-5H2,(H,9,10). The minimum atomic E-state index is 0.678. The van der Waals surface area contributed by atoms with Gasteiger partial charge >= 0.3 is 0 Å². The van der Waals surface area contributed by atoms with E-state index in [1.54, 1.807) is 6.34 Å². The Morgan fingerprint density at radius 2 is 2.58 bits per heavy atom. The monoisotopic (exact) mass is 167 g/mol. The molecule has 0 saturated heterocycles. The molecule has 0 aromatic carbocycles. The van der Waals surface area contributed by atoms with Crippen molar-refractivity contribution in [2.75, 3.05) is 13.2 Å². The highest BCUT2D eigenvalue weighted by atomic mass is 16.6. The molecule has 2 aliphatic rings. The van der Waals surface area contributed by atoms with Crippen molar-refractivity contribution in [2.24, 2.45) is 10.9 Å². The summed E-state index contributed by atoms with van der Waals surface area (Å²) in [4.78, 5) is 9.29. The fourth-order valence-corrected chi connectivity index (χ4v) is 0.979. The molecule has 1 aliphatic heterocycles. The van der Waals surface area contributed by atoms with Crippen LogP contribution in [-0.4, -0.2) is 19.5 Å². The van der Waals surface area contributed by atoms with E-state index in [2.05, 4.69) is 15.8 Å². The van der Waals surface area contributed by atoms with Crippen molar-refractivity contribution < 1.29 is 4.84 Å². The average molecular weight is 167 g/mol. The van der Waals surface area contributed by atoms with Crippen LogP contribution in [0.15, 0.2) is 16.9 Å². The van der Waals surface area contributed by atoms with E-state index in [4.69, 9.17) is 4.84 Å². The maximum Gasteiger partial charge on any atom is 0.0868 e. The third-order valence-electron chi connectivity index (χ3n) is 1.90. The molecule has 0 atom stereocenters. The van der Waals surface area contributed by atoms with Crippen molar-refractivity contribution in [2.45, 2.75) is 12.8 Å². The molecule has 0 bridgehead atoms. The van der Waals surface area contributed by atoms with Crippen LogP contribution in [0.3, 0.4) is 0 Å². The van der Waals surface area contributed by atoms with Crippen molar-refractivity contribution >= 4 is 6.34 Å². The Balaban J connectivity index is 1.61. The lowest BCUT2D eigenvalue weighted by atomic mass is 10.4. The molecule has 66 valence electrons. The Labute approximate surface area is 71.7 Å². The molecule has 0 aromatic rings. The zero-order valence-electron chi connectivity index (χ0n) is 6.92. The van der Waals surface area contributed by atoms with Crippen molar-refractivity contribution in [1.82, 2.24) is 10.8 Å². The van der Waals surface area contributed by atoms with E-state index in [-0.39, 0.29) is 0 Å². The minimum Gasteiger partial charge on any atom is -0.351 e. The zero-order chi connectivity index (χ0) is 8.23. The van der Waals surface area contributed by atoms with Gasteiger partial charge < -0.3 is 5.32 Å². The fourth-order valence-electron chi connectivity index (χ4n) is 0.979. The summed E-state index contributed by atoms with van der Waals surface area (Å²) in [6.07, 6.45) is 6.17. The van der Waals surface area contributed by atoms with Gasteiger partial charge in [0, 0.05) is 6.20 Å². The van der Waals surface area contributed by atoms with Crippen molar-refractivity contribution in [3.8, 4) is 0 Å². The second-order valence-electron chi connectivity index (χ2n) is 3.16. The third kappa shape index (κ3) is 2.23. The summed E-state index contributed by atoms with van der Waals surface area (Å²) >= 11 is 0. The molecular formula is C8H13N3O. The Kier molecular flexibility index (Phi) is 2.27. The van der Waals surface area contributed by atoms with Gasteiger partial charge in [0.1, 0.15) is 0 Å². The molecule has 1 saturated carbocycles. The van der Waals surface area contributed by atoms with Crippen LogP contribution < -0.4 is 10.8 Å². The van der Waals surface area contributed by atoms with Gasteiger partial charge in [0.15, 0.2) is 0 Å². The van der Waals surface area contributed by atoms with E-state index < -0.39 is 0 Å². The first kappa shape index (κ1) is 7.61. The van der Waals surface area contributed by atoms with Crippen LogP contribution in [0.4, 0.5) is 0 Å². The van der Waals surface area contributed by atoms with Gasteiger partial charge in [-0.1, -0.05) is 0 Å². The average Bonchev–Trinajstić information content (AvgIpc) is 2.90. The van der Waals surface area contributed by atoms with Gasteiger partial charge in [0.2, 0.25) is 0 Å². The maximum atomic E-state index is 5.26. The van der Waals surface area contributed by atoms with Gasteiger partial charge in [-0.25, -0.2) is 0 Å². The summed E-state index contributed by atoms with van der Waals surface area (Å²) in [6, 6.07) is 0. The summed E-state index contributed by atoms with van der Waals surface area (Å²) in [7, 11) is 0. The Morgan fingerprint density at radius 1 is 1.67 bits per heavy atom. The van der Waals surface area contributed by atoms with Crippen LogP contribution >= 0.6 is 0 Å². The van der Waals surface area contributed by atoms with Gasteiger partial charge in [-0.05, 0) is 18.8 Å². The molecule has 4 nitrogen and oxygen atoms in total. The van der Waals surface area contributed by atoms with E-state index in [1.807, 2.05) is 6.20 Å². The quantitative estimate of drug-likeness (QED) is 0.595. The normalized spacial score (nSPS) is 21.5. The molecule has 0 radical (unpaired) electrons. The van der Waals surface area contributed by atoms with E-state index >= 15 is 0 Å². The van der Waals surface area contributed by atoms with Crippen LogP contribution in [0.5, 0.6) is 0 Å². The molecule has 0 aromatic heterocycles. The number of hydrogen-bond donors (Lipinski definition) is 2. The molecule has 4 heteroatoms. The van der Waals surface area contributed by atoms with Gasteiger partial charge in [0.05, 0.1) is 25.2 Å². The topological polar surface area (TPSA) is 45.7 Å². The largest absolute Gasteiger partial charge is 0.351 e. The molecule has 2 N–H and O–H groups in total. The second kappa shape index (κ2) is 3.58. The first-order chi connectivity index (χ1) is 5.95. The Morgan fingerprint density at radius 3 is 3.25 bits per heavy atom. The smallest absolute Gasteiger partial charge is 0.0868 e. The number of nitrogens with zero attached hydrogens (tertiary/aromatic N) is 1. The first-order valence-electron chi connectivity index (χ1n) is 4.26. The number of nitrogens with one attached hydrogen (secondary N) is 2. The minimum absolute atomic E-state index is 0.678. The molecule has 1 fully saturated rings. The summed E-state index contributed by atoms with van der Waals surface area (Å²) in [5, 5.41) is 2.89. The van der Waals surface area contributed by atoms with E-state index in [9.17, 15) is 0 Å². The Bertz CT molecular complexity index is 208. The van der Waals surface area contributed by atoms with E-state index in [1.165, 1.54) is 12.8 Å². The third-order valence-corrected chi connectivity index (χ3v) is 1.90. The summed E-state index contributed by atoms with van der Waals surface area (Å²) in [5.41, 5.74) is 3.86. The molecule has 1 aliphatic carbocycles. The lowest BCUT2D eigenvalue weighted by Gasteiger charge is -2.11. The molecule has 0 spiro atoms. The van der Waals surface area contributed by atoms with Crippen LogP contribution in [0.2, 0.25) is 0 Å². The highest BCUT2D eigenvalue weighted by Crippen LogP contribution is 2.28. The number of rotatable bonds is 4. The van der Waals surface area contributed by atoms with Crippen LogP contribution in [0.25, 0.3) is 0 Å². The summed E-state index contributed by atoms with van der Waals surface area (Å²) in [5.74, 6) is 0.790. The summed E-state index contributed by atoms with van der Waals surface area (Å²) in [6.45, 7) is 1.50. The molecule has 12 heavy (non-hydrogen) atoms. The molecule has 0 amide bonds. The number of aliphatic imine (C=N–C) groups is 1. The highest BCUT2D eigenvalue weighted by molar-refractivity contribution is 5.57. The summed E-state index contributed by atoms with van der Waals surface area (Å²) < 4.78 is 0. The fraction of sp³-hybridized carbons (Fsp3) is 0.625. The van der Waals surface area contributed by atoms with Crippen LogP contribution in [0, 0.1) is 5.92 Å². The maximum absolute atomic E-state index is 5.26. The van der Waals surface area contributed by atoms with Crippen LogP contribution in [-0.2, 0) is 4.84 Å². The van der Waals surface area contributed by atoms with Gasteiger partial charge in [-0.3, -0.25) is 15.3 Å². The van der Waals surface area contributed by atoms with Crippen molar-refractivity contribution in [3.63, 3.8) is 0 Å². The number of hydrogen-bond acceptors (Lipinski definition) is 4. The molecule has 0 unspecified atom stereocenters. The highest BCUT2D eigenvalue weighted by Gasteiger charge is 2.21. The molecule has 1 heterocycles. The molecular weight excluding hydrogens is 154 g/mol. The van der Waals surface area contributed by atoms with Gasteiger partial charge in [-0.2, -0.15) is 0 Å². The van der Waals surface area contributed by atoms with Crippen molar-refractivity contribution in [1.29, 1.82) is 0 Å².